The molecule has 1 heterocycles. The van der Waals surface area contributed by atoms with Gasteiger partial charge in [0.1, 0.15) is 11.8 Å². The number of aromatic hydroxyl groups is 1. The third-order valence-electron chi connectivity index (χ3n) is 7.32. The number of hydrogen-bond acceptors (Lipinski definition) is 5. The molecule has 3 amide bonds. The predicted octanol–water partition coefficient (Wildman–Crippen LogP) is 3.05. The van der Waals surface area contributed by atoms with Crippen molar-refractivity contribution in [3.63, 3.8) is 0 Å². The normalized spacial score (nSPS) is 19.4. The van der Waals surface area contributed by atoms with E-state index in [0.717, 1.165) is 4.90 Å². The quantitative estimate of drug-likeness (QED) is 0.386. The largest absolute Gasteiger partial charge is 0.508 e. The Morgan fingerprint density at radius 2 is 1.72 bits per heavy atom. The van der Waals surface area contributed by atoms with Gasteiger partial charge < -0.3 is 25.7 Å². The first-order valence-electron chi connectivity index (χ1n) is 12.9. The average molecular weight is 546 g/mol. The molecule has 4 N–H and O–H groups in total. The van der Waals surface area contributed by atoms with Crippen LogP contribution in [0, 0.1) is 18.3 Å². The molecule has 0 spiro atoms. The van der Waals surface area contributed by atoms with E-state index in [4.69, 9.17) is 0 Å². The lowest BCUT2D eigenvalue weighted by Crippen LogP contribution is -2.58. The number of aliphatic hydroxyl groups excluding tert-OH is 1. The van der Waals surface area contributed by atoms with Crippen LogP contribution in [0.15, 0.2) is 48.5 Å². The second-order valence-electron chi connectivity index (χ2n) is 11.1. The molecule has 0 radical (unpaired) electrons. The minimum Gasteiger partial charge on any atom is -0.508 e. The number of aliphatic hydroxyl groups is 1. The van der Waals surface area contributed by atoms with Crippen LogP contribution in [0.2, 0.25) is 0 Å². The highest BCUT2D eigenvalue weighted by Crippen LogP contribution is 2.48. The lowest BCUT2D eigenvalue weighted by atomic mass is 9.81. The number of benzene rings is 2. The van der Waals surface area contributed by atoms with Crippen LogP contribution in [0.3, 0.4) is 0 Å². The van der Waals surface area contributed by atoms with Crippen LogP contribution in [0.4, 0.5) is 8.78 Å². The van der Waals surface area contributed by atoms with Crippen LogP contribution >= 0.6 is 0 Å². The molecule has 1 saturated heterocycles. The van der Waals surface area contributed by atoms with E-state index in [1.54, 1.807) is 37.3 Å². The first-order valence-corrected chi connectivity index (χ1v) is 12.9. The number of phenols is 1. The summed E-state index contributed by atoms with van der Waals surface area (Å²) in [5.74, 6) is -5.92. The lowest BCUT2D eigenvalue weighted by Gasteiger charge is -2.34. The summed E-state index contributed by atoms with van der Waals surface area (Å²) >= 11 is 0. The van der Waals surface area contributed by atoms with Gasteiger partial charge >= 0.3 is 0 Å². The third-order valence-corrected chi connectivity index (χ3v) is 7.32. The lowest BCUT2D eigenvalue weighted by molar-refractivity contribution is -0.148. The molecule has 0 aliphatic carbocycles. The highest BCUT2D eigenvalue weighted by atomic mass is 19.3. The van der Waals surface area contributed by atoms with Gasteiger partial charge in [-0.05, 0) is 37.0 Å². The van der Waals surface area contributed by atoms with Crippen molar-refractivity contribution in [2.45, 2.75) is 65.1 Å². The van der Waals surface area contributed by atoms with Gasteiger partial charge in [-0.2, -0.15) is 0 Å². The number of amides is 3. The van der Waals surface area contributed by atoms with E-state index in [-0.39, 0.29) is 30.2 Å². The summed E-state index contributed by atoms with van der Waals surface area (Å²) in [6.07, 6.45) is -1.92. The highest BCUT2D eigenvalue weighted by Gasteiger charge is 2.64. The predicted molar refractivity (Wildman–Crippen MR) is 142 cm³/mol. The van der Waals surface area contributed by atoms with Crippen molar-refractivity contribution in [1.82, 2.24) is 15.5 Å². The minimum absolute atomic E-state index is 0.00912. The second kappa shape index (κ2) is 11.7. The maximum Gasteiger partial charge on any atom is 0.272 e. The zero-order chi connectivity index (χ0) is 29.1. The van der Waals surface area contributed by atoms with Crippen LogP contribution in [0.25, 0.3) is 0 Å². The molecule has 1 aliphatic rings. The SMILES string of the molecule is Cc1c(O)cccc1C(=O)NC(Cc1ccccc1)C(O)C(=O)N1CC(F)(F)C(C)(C)C1C(=O)NCC(C)C. The van der Waals surface area contributed by atoms with Crippen molar-refractivity contribution in [1.29, 1.82) is 0 Å². The number of carbonyl (C=O) groups excluding carboxylic acids is 3. The Hall–Kier alpha value is -3.53. The molecule has 3 unspecified atom stereocenters. The van der Waals surface area contributed by atoms with Gasteiger partial charge in [-0.15, -0.1) is 0 Å². The Labute approximate surface area is 227 Å². The van der Waals surface area contributed by atoms with Gasteiger partial charge in [-0.1, -0.05) is 64.1 Å². The number of hydrogen-bond donors (Lipinski definition) is 4. The van der Waals surface area contributed by atoms with Gasteiger partial charge in [-0.25, -0.2) is 8.78 Å². The van der Waals surface area contributed by atoms with E-state index in [0.29, 0.717) is 11.1 Å². The van der Waals surface area contributed by atoms with Gasteiger partial charge in [-0.3, -0.25) is 14.4 Å². The van der Waals surface area contributed by atoms with E-state index >= 15 is 8.78 Å². The van der Waals surface area contributed by atoms with E-state index in [9.17, 15) is 24.6 Å². The molecule has 212 valence electrons. The van der Waals surface area contributed by atoms with E-state index in [1.165, 1.54) is 32.0 Å². The Morgan fingerprint density at radius 3 is 2.33 bits per heavy atom. The van der Waals surface area contributed by atoms with Crippen molar-refractivity contribution < 1.29 is 33.4 Å². The summed E-state index contributed by atoms with van der Waals surface area (Å²) in [5, 5.41) is 26.5. The molecule has 2 aromatic carbocycles. The Kier molecular flexibility index (Phi) is 9.00. The minimum atomic E-state index is -3.40. The summed E-state index contributed by atoms with van der Waals surface area (Å²) < 4.78 is 30.2. The molecule has 8 nitrogen and oxygen atoms in total. The topological polar surface area (TPSA) is 119 Å². The molecule has 1 aliphatic heterocycles. The molecule has 1 fully saturated rings. The third kappa shape index (κ3) is 6.38. The Balaban J connectivity index is 1.94. The smallest absolute Gasteiger partial charge is 0.272 e. The van der Waals surface area contributed by atoms with Crippen LogP contribution in [-0.2, 0) is 16.0 Å². The average Bonchev–Trinajstić information content (AvgIpc) is 3.07. The number of rotatable bonds is 9. The van der Waals surface area contributed by atoms with Gasteiger partial charge in [0.25, 0.3) is 17.7 Å². The molecule has 39 heavy (non-hydrogen) atoms. The van der Waals surface area contributed by atoms with Crippen LogP contribution in [-0.4, -0.2) is 70.0 Å². The van der Waals surface area contributed by atoms with Crippen LogP contribution in [0.1, 0.15) is 49.2 Å². The van der Waals surface area contributed by atoms with Gasteiger partial charge in [0, 0.05) is 17.7 Å². The number of halogens is 2. The van der Waals surface area contributed by atoms with E-state index in [1.807, 2.05) is 13.8 Å². The van der Waals surface area contributed by atoms with Gasteiger partial charge in [0.15, 0.2) is 6.10 Å². The molecule has 3 atom stereocenters. The summed E-state index contributed by atoms with van der Waals surface area (Å²) in [6.45, 7) is 6.89. The molecule has 3 rings (SSSR count). The molecule has 0 saturated carbocycles. The maximum atomic E-state index is 15.1. The van der Waals surface area contributed by atoms with Gasteiger partial charge in [0.2, 0.25) is 5.91 Å². The van der Waals surface area contributed by atoms with E-state index in [2.05, 4.69) is 10.6 Å². The zero-order valence-electron chi connectivity index (χ0n) is 22.9. The maximum absolute atomic E-state index is 15.1. The molecule has 0 bridgehead atoms. The molecular formula is C29H37F2N3O5. The Morgan fingerprint density at radius 1 is 1.08 bits per heavy atom. The zero-order valence-corrected chi connectivity index (χ0v) is 22.9. The molecule has 10 heteroatoms. The van der Waals surface area contributed by atoms with Crippen molar-refractivity contribution >= 4 is 17.7 Å². The monoisotopic (exact) mass is 545 g/mol. The molecule has 0 aromatic heterocycles. The Bertz CT molecular complexity index is 1200. The summed E-state index contributed by atoms with van der Waals surface area (Å²) in [4.78, 5) is 40.6. The first-order chi connectivity index (χ1) is 18.2. The molecular weight excluding hydrogens is 508 g/mol. The van der Waals surface area contributed by atoms with Crippen LogP contribution < -0.4 is 10.6 Å². The fraction of sp³-hybridized carbons (Fsp3) is 0.483. The van der Waals surface area contributed by atoms with Crippen molar-refractivity contribution in [3.05, 3.63) is 65.2 Å². The number of phenolic OH excluding ortho intramolecular Hbond substituents is 1. The standard InChI is InChI=1S/C29H37F2N3O5/c1-17(2)15-32-26(38)24-28(4,5)29(30,31)16-34(24)27(39)23(36)21(14-19-10-7-6-8-11-19)33-25(37)20-12-9-13-22(35)18(20)3/h6-13,17,21,23-24,35-36H,14-16H2,1-5H3,(H,32,38)(H,33,37). The van der Waals surface area contributed by atoms with Gasteiger partial charge in [0.05, 0.1) is 18.0 Å². The number of nitrogens with zero attached hydrogens (tertiary/aromatic N) is 1. The summed E-state index contributed by atoms with van der Waals surface area (Å²) in [7, 11) is 0. The number of alkyl halides is 2. The number of likely N-dealkylation sites (tertiary alicyclic amines) is 1. The van der Waals surface area contributed by atoms with Crippen molar-refractivity contribution in [2.24, 2.45) is 11.3 Å². The van der Waals surface area contributed by atoms with E-state index < -0.39 is 53.8 Å². The second-order valence-corrected chi connectivity index (χ2v) is 11.1. The highest BCUT2D eigenvalue weighted by molar-refractivity contribution is 5.97. The molecule has 2 aromatic rings. The number of nitrogens with one attached hydrogen (secondary N) is 2. The van der Waals surface area contributed by atoms with Crippen molar-refractivity contribution in [2.75, 3.05) is 13.1 Å². The summed E-state index contributed by atoms with van der Waals surface area (Å²) in [5.41, 5.74) is -0.787. The fourth-order valence-electron chi connectivity index (χ4n) is 4.74. The van der Waals surface area contributed by atoms with Crippen LogP contribution in [0.5, 0.6) is 5.75 Å². The fourth-order valence-corrected chi connectivity index (χ4v) is 4.74. The summed E-state index contributed by atoms with van der Waals surface area (Å²) in [6, 6.07) is 10.4. The number of carbonyl (C=O) groups is 3. The van der Waals surface area contributed by atoms with Crippen molar-refractivity contribution in [3.8, 4) is 5.75 Å². The first kappa shape index (κ1) is 30.0.